The minimum Gasteiger partial charge on any atom is -0.549 e. The number of hydrogen-bond donors (Lipinski definition) is 0. The van der Waals surface area contributed by atoms with Gasteiger partial charge in [0.2, 0.25) is 0 Å². The summed E-state index contributed by atoms with van der Waals surface area (Å²) >= 11 is 0. The monoisotopic (exact) mass is 337 g/mol. The van der Waals surface area contributed by atoms with Gasteiger partial charge in [-0.1, -0.05) is 66.7 Å². The predicted octanol–water partition coefficient (Wildman–Crippen LogP) is 5.71. The standard InChI is InChI=1S/C19H36BNO3/c1-6-9-12-18(21-17(16(4)5)15-23-19(21)22)24-20(13-10-7-2)14-11-8-3/h12,16-17H,6-11,13-15H2,1-5H3/b18-12+. The van der Waals surface area contributed by atoms with Crippen molar-refractivity contribution >= 4 is 13.0 Å². The van der Waals surface area contributed by atoms with Crippen molar-refractivity contribution in [3.05, 3.63) is 12.0 Å². The van der Waals surface area contributed by atoms with Gasteiger partial charge in [-0.25, -0.2) is 9.69 Å². The second kappa shape index (κ2) is 11.4. The van der Waals surface area contributed by atoms with Gasteiger partial charge in [-0.3, -0.25) is 0 Å². The number of amides is 1. The smallest absolute Gasteiger partial charge is 0.417 e. The van der Waals surface area contributed by atoms with Gasteiger partial charge in [-0.05, 0) is 31.1 Å². The van der Waals surface area contributed by atoms with Crippen LogP contribution < -0.4 is 0 Å². The van der Waals surface area contributed by atoms with E-state index in [1.54, 1.807) is 4.90 Å². The normalized spacial score (nSPS) is 18.2. The number of rotatable bonds is 12. The lowest BCUT2D eigenvalue weighted by molar-refractivity contribution is 0.149. The lowest BCUT2D eigenvalue weighted by Crippen LogP contribution is -2.39. The topological polar surface area (TPSA) is 38.8 Å². The molecule has 5 heteroatoms. The van der Waals surface area contributed by atoms with E-state index in [0.29, 0.717) is 12.5 Å². The van der Waals surface area contributed by atoms with Crippen LogP contribution in [0.1, 0.15) is 73.1 Å². The van der Waals surface area contributed by atoms with Crippen molar-refractivity contribution in [3.63, 3.8) is 0 Å². The van der Waals surface area contributed by atoms with Gasteiger partial charge in [-0.15, -0.1) is 0 Å². The van der Waals surface area contributed by atoms with Gasteiger partial charge in [-0.2, -0.15) is 0 Å². The first kappa shape index (κ1) is 20.9. The molecule has 24 heavy (non-hydrogen) atoms. The molecular weight excluding hydrogens is 301 g/mol. The second-order valence-corrected chi connectivity index (χ2v) is 7.11. The molecular formula is C19H36BNO3. The zero-order valence-electron chi connectivity index (χ0n) is 16.3. The first-order valence-corrected chi connectivity index (χ1v) is 9.87. The fourth-order valence-electron chi connectivity index (χ4n) is 2.95. The zero-order chi connectivity index (χ0) is 17.9. The van der Waals surface area contributed by atoms with E-state index >= 15 is 0 Å². The Kier molecular flexibility index (Phi) is 9.97. The summed E-state index contributed by atoms with van der Waals surface area (Å²) in [5.41, 5.74) is 0. The van der Waals surface area contributed by atoms with Crippen LogP contribution in [0.5, 0.6) is 0 Å². The number of nitrogens with zero attached hydrogens (tertiary/aromatic N) is 1. The van der Waals surface area contributed by atoms with Crippen LogP contribution in [-0.2, 0) is 9.39 Å². The van der Waals surface area contributed by atoms with E-state index in [0.717, 1.165) is 44.2 Å². The van der Waals surface area contributed by atoms with Gasteiger partial charge in [0.25, 0.3) is 0 Å². The summed E-state index contributed by atoms with van der Waals surface area (Å²) in [6.45, 7) is 11.5. The molecule has 0 aromatic heterocycles. The Hall–Kier alpha value is -1.13. The molecule has 1 aliphatic rings. The third kappa shape index (κ3) is 6.41. The van der Waals surface area contributed by atoms with Crippen molar-refractivity contribution < 1.29 is 14.2 Å². The fraction of sp³-hybridized carbons (Fsp3) is 0.842. The van der Waals surface area contributed by atoms with Crippen LogP contribution in [0.15, 0.2) is 12.0 Å². The number of hydrogen-bond acceptors (Lipinski definition) is 3. The molecule has 1 aliphatic heterocycles. The Morgan fingerprint density at radius 3 is 2.38 bits per heavy atom. The highest BCUT2D eigenvalue weighted by Gasteiger charge is 2.39. The summed E-state index contributed by atoms with van der Waals surface area (Å²) < 4.78 is 11.7. The summed E-state index contributed by atoms with van der Waals surface area (Å²) in [5, 5.41) is 0. The van der Waals surface area contributed by atoms with Gasteiger partial charge < -0.3 is 9.39 Å². The van der Waals surface area contributed by atoms with Gasteiger partial charge in [0.1, 0.15) is 6.61 Å². The average Bonchev–Trinajstić information content (AvgIpc) is 2.95. The molecule has 138 valence electrons. The van der Waals surface area contributed by atoms with Crippen LogP contribution in [0.3, 0.4) is 0 Å². The van der Waals surface area contributed by atoms with E-state index in [2.05, 4.69) is 40.7 Å². The van der Waals surface area contributed by atoms with E-state index in [9.17, 15) is 4.79 Å². The molecule has 0 N–H and O–H groups in total. The Labute approximate surface area is 149 Å². The second-order valence-electron chi connectivity index (χ2n) is 7.11. The molecule has 0 bridgehead atoms. The van der Waals surface area contributed by atoms with Crippen LogP contribution in [0.25, 0.3) is 0 Å². The Morgan fingerprint density at radius 2 is 1.88 bits per heavy atom. The minimum absolute atomic E-state index is 0.0682. The third-order valence-corrected chi connectivity index (χ3v) is 4.57. The van der Waals surface area contributed by atoms with Crippen molar-refractivity contribution in [3.8, 4) is 0 Å². The van der Waals surface area contributed by atoms with E-state index in [-0.39, 0.29) is 19.1 Å². The van der Waals surface area contributed by atoms with Crippen molar-refractivity contribution in [2.45, 2.75) is 91.8 Å². The quantitative estimate of drug-likeness (QED) is 0.338. The highest BCUT2D eigenvalue weighted by Crippen LogP contribution is 2.27. The molecule has 0 radical (unpaired) electrons. The number of unbranched alkanes of at least 4 members (excludes halogenated alkanes) is 3. The van der Waals surface area contributed by atoms with Crippen molar-refractivity contribution in [2.75, 3.05) is 6.61 Å². The molecule has 1 atom stereocenters. The van der Waals surface area contributed by atoms with Gasteiger partial charge in [0.15, 0.2) is 5.88 Å². The average molecular weight is 337 g/mol. The largest absolute Gasteiger partial charge is 0.549 e. The maximum atomic E-state index is 12.3. The Bertz CT molecular complexity index is 390. The lowest BCUT2D eigenvalue weighted by Gasteiger charge is -2.29. The van der Waals surface area contributed by atoms with Crippen LogP contribution in [0, 0.1) is 5.92 Å². The molecule has 0 saturated carbocycles. The minimum atomic E-state index is -0.263. The first-order chi connectivity index (χ1) is 11.5. The molecule has 0 aromatic rings. The zero-order valence-corrected chi connectivity index (χ0v) is 16.3. The van der Waals surface area contributed by atoms with Crippen LogP contribution >= 0.6 is 0 Å². The number of ether oxygens (including phenoxy) is 1. The third-order valence-electron chi connectivity index (χ3n) is 4.57. The number of allylic oxidation sites excluding steroid dienone is 1. The van der Waals surface area contributed by atoms with E-state index < -0.39 is 0 Å². The summed E-state index contributed by atoms with van der Waals surface area (Å²) in [5.74, 6) is 1.06. The lowest BCUT2D eigenvalue weighted by atomic mass is 9.59. The molecule has 0 spiro atoms. The SMILES string of the molecule is CCC/C=C(/OB(CCCC)CCCC)N1C(=O)OCC1C(C)C. The highest BCUT2D eigenvalue weighted by molar-refractivity contribution is 6.52. The van der Waals surface area contributed by atoms with Crippen molar-refractivity contribution in [1.29, 1.82) is 0 Å². The number of carbonyl (C=O) groups is 1. The van der Waals surface area contributed by atoms with Crippen molar-refractivity contribution in [2.24, 2.45) is 5.92 Å². The Morgan fingerprint density at radius 1 is 1.25 bits per heavy atom. The molecule has 1 unspecified atom stereocenters. The summed E-state index contributed by atoms with van der Waals surface area (Å²) in [7, 11) is 0. The summed E-state index contributed by atoms with van der Waals surface area (Å²) in [4.78, 5) is 14.0. The summed E-state index contributed by atoms with van der Waals surface area (Å²) in [6, 6.07) is 0.0682. The molecule has 1 saturated heterocycles. The maximum Gasteiger partial charge on any atom is 0.417 e. The summed E-state index contributed by atoms with van der Waals surface area (Å²) in [6.07, 6.45) is 10.5. The Balaban J connectivity index is 2.90. The predicted molar refractivity (Wildman–Crippen MR) is 101 cm³/mol. The molecule has 1 amide bonds. The number of carbonyl (C=O) groups excluding carboxylic acids is 1. The van der Waals surface area contributed by atoms with E-state index in [1.165, 1.54) is 12.8 Å². The molecule has 1 heterocycles. The van der Waals surface area contributed by atoms with Crippen molar-refractivity contribution in [1.82, 2.24) is 4.90 Å². The molecule has 0 aliphatic carbocycles. The van der Waals surface area contributed by atoms with Crippen LogP contribution in [-0.4, -0.2) is 30.6 Å². The highest BCUT2D eigenvalue weighted by atomic mass is 16.6. The molecule has 0 aromatic carbocycles. The van der Waals surface area contributed by atoms with Gasteiger partial charge in [0.05, 0.1) is 6.04 Å². The molecule has 1 rings (SSSR count). The first-order valence-electron chi connectivity index (χ1n) is 9.87. The van der Waals surface area contributed by atoms with Gasteiger partial charge in [0, 0.05) is 0 Å². The van der Waals surface area contributed by atoms with E-state index in [1.807, 2.05) is 0 Å². The van der Waals surface area contributed by atoms with Crippen LogP contribution in [0.2, 0.25) is 12.6 Å². The van der Waals surface area contributed by atoms with Gasteiger partial charge >= 0.3 is 13.0 Å². The number of cyclic esters (lactones) is 1. The van der Waals surface area contributed by atoms with E-state index in [4.69, 9.17) is 9.39 Å². The van der Waals surface area contributed by atoms with Crippen LogP contribution in [0.4, 0.5) is 4.79 Å². The molecule has 1 fully saturated rings. The fourth-order valence-corrected chi connectivity index (χ4v) is 2.95. The molecule has 4 nitrogen and oxygen atoms in total. The maximum absolute atomic E-state index is 12.3.